The minimum atomic E-state index is -1.09. The summed E-state index contributed by atoms with van der Waals surface area (Å²) < 4.78 is 1.73. The largest absolute Gasteiger partial charge is 0.409 e. The highest BCUT2D eigenvalue weighted by atomic mass is 16.4. The first-order valence-electron chi connectivity index (χ1n) is 5.62. The van der Waals surface area contributed by atoms with E-state index in [2.05, 4.69) is 15.6 Å². The molecular formula is C11H19N5O2. The van der Waals surface area contributed by atoms with Gasteiger partial charge >= 0.3 is 0 Å². The molecular weight excluding hydrogens is 234 g/mol. The number of carbonyl (C=O) groups excluding carboxylic acids is 1. The molecule has 0 aliphatic heterocycles. The Bertz CT molecular complexity index is 462. The lowest BCUT2D eigenvalue weighted by Gasteiger charge is -2.21. The molecule has 0 aliphatic carbocycles. The Morgan fingerprint density at radius 2 is 2.22 bits per heavy atom. The van der Waals surface area contributed by atoms with Crippen LogP contribution >= 0.6 is 0 Å². The van der Waals surface area contributed by atoms with Crippen molar-refractivity contribution in [3.05, 3.63) is 12.4 Å². The first-order chi connectivity index (χ1) is 8.28. The molecule has 0 bridgehead atoms. The lowest BCUT2D eigenvalue weighted by molar-refractivity contribution is -0.121. The molecule has 1 aromatic rings. The van der Waals surface area contributed by atoms with Crippen molar-refractivity contribution < 1.29 is 10.0 Å². The molecule has 4 N–H and O–H groups in total. The van der Waals surface area contributed by atoms with Crippen LogP contribution in [0.3, 0.4) is 0 Å². The van der Waals surface area contributed by atoms with E-state index < -0.39 is 5.41 Å². The van der Waals surface area contributed by atoms with E-state index in [1.807, 2.05) is 13.8 Å². The van der Waals surface area contributed by atoms with Crippen molar-refractivity contribution in [1.29, 1.82) is 0 Å². The Hall–Kier alpha value is -2.05. The van der Waals surface area contributed by atoms with E-state index in [4.69, 9.17) is 10.9 Å². The Morgan fingerprint density at radius 1 is 1.61 bits per heavy atom. The van der Waals surface area contributed by atoms with Crippen LogP contribution in [0.1, 0.15) is 33.7 Å². The molecule has 18 heavy (non-hydrogen) atoms. The standard InChI is InChI=1S/C11H19N5O2/c1-7(2)16-6-8(5-13-16)14-10(17)11(3,4)9(12)15-18/h5-7,18H,1-4H3,(H2,12,15)(H,14,17). The summed E-state index contributed by atoms with van der Waals surface area (Å²) in [5.74, 6) is -0.502. The minimum absolute atomic E-state index is 0.142. The van der Waals surface area contributed by atoms with Gasteiger partial charge in [-0.15, -0.1) is 0 Å². The monoisotopic (exact) mass is 253 g/mol. The molecule has 0 radical (unpaired) electrons. The van der Waals surface area contributed by atoms with Gasteiger partial charge in [-0.25, -0.2) is 0 Å². The molecule has 0 aromatic carbocycles. The second kappa shape index (κ2) is 5.07. The van der Waals surface area contributed by atoms with Gasteiger partial charge in [-0.3, -0.25) is 9.48 Å². The Balaban J connectivity index is 2.81. The van der Waals surface area contributed by atoms with E-state index in [-0.39, 0.29) is 17.8 Å². The number of aromatic nitrogens is 2. The fourth-order valence-electron chi connectivity index (χ4n) is 1.21. The summed E-state index contributed by atoms with van der Waals surface area (Å²) >= 11 is 0. The van der Waals surface area contributed by atoms with E-state index >= 15 is 0 Å². The molecule has 0 saturated heterocycles. The van der Waals surface area contributed by atoms with Crippen molar-refractivity contribution in [2.45, 2.75) is 33.7 Å². The van der Waals surface area contributed by atoms with Crippen LogP contribution < -0.4 is 11.1 Å². The number of nitrogens with two attached hydrogens (primary N) is 1. The Morgan fingerprint density at radius 3 is 2.67 bits per heavy atom. The van der Waals surface area contributed by atoms with E-state index in [0.29, 0.717) is 5.69 Å². The van der Waals surface area contributed by atoms with Gasteiger partial charge in [0.1, 0.15) is 5.41 Å². The maximum absolute atomic E-state index is 12.0. The lowest BCUT2D eigenvalue weighted by Crippen LogP contribution is -2.42. The van der Waals surface area contributed by atoms with Crippen molar-refractivity contribution in [1.82, 2.24) is 9.78 Å². The van der Waals surface area contributed by atoms with E-state index in [0.717, 1.165) is 0 Å². The zero-order chi connectivity index (χ0) is 13.9. The van der Waals surface area contributed by atoms with Crippen LogP contribution in [0.25, 0.3) is 0 Å². The zero-order valence-electron chi connectivity index (χ0n) is 11.0. The minimum Gasteiger partial charge on any atom is -0.409 e. The molecule has 0 atom stereocenters. The summed E-state index contributed by atoms with van der Waals surface area (Å²) in [7, 11) is 0. The number of anilines is 1. The number of hydrogen-bond acceptors (Lipinski definition) is 4. The molecule has 7 heteroatoms. The van der Waals surface area contributed by atoms with Crippen molar-refractivity contribution in [3.63, 3.8) is 0 Å². The normalized spacial score (nSPS) is 12.8. The summed E-state index contributed by atoms with van der Waals surface area (Å²) in [6.45, 7) is 7.12. The maximum Gasteiger partial charge on any atom is 0.237 e. The highest BCUT2D eigenvalue weighted by molar-refractivity contribution is 6.11. The van der Waals surface area contributed by atoms with Crippen LogP contribution in [0.5, 0.6) is 0 Å². The van der Waals surface area contributed by atoms with Crippen LogP contribution in [0.2, 0.25) is 0 Å². The number of carbonyl (C=O) groups is 1. The number of rotatable bonds is 4. The second-order valence-electron chi connectivity index (χ2n) is 4.87. The third-order valence-electron chi connectivity index (χ3n) is 2.70. The Labute approximate surface area is 106 Å². The summed E-state index contributed by atoms with van der Waals surface area (Å²) in [5, 5.41) is 18.3. The molecule has 1 heterocycles. The highest BCUT2D eigenvalue weighted by Gasteiger charge is 2.33. The maximum atomic E-state index is 12.0. The van der Waals surface area contributed by atoms with E-state index in [1.54, 1.807) is 30.9 Å². The van der Waals surface area contributed by atoms with Crippen LogP contribution in [-0.4, -0.2) is 26.7 Å². The number of oxime groups is 1. The molecule has 0 fully saturated rings. The predicted molar refractivity (Wildman–Crippen MR) is 68.4 cm³/mol. The predicted octanol–water partition coefficient (Wildman–Crippen LogP) is 1.18. The molecule has 100 valence electrons. The van der Waals surface area contributed by atoms with Gasteiger partial charge in [-0.05, 0) is 27.7 Å². The summed E-state index contributed by atoms with van der Waals surface area (Å²) in [6.07, 6.45) is 3.28. The molecule has 1 amide bonds. The summed E-state index contributed by atoms with van der Waals surface area (Å²) in [5.41, 5.74) is 4.96. The van der Waals surface area contributed by atoms with E-state index in [9.17, 15) is 4.79 Å². The van der Waals surface area contributed by atoms with E-state index in [1.165, 1.54) is 0 Å². The van der Waals surface area contributed by atoms with Crippen LogP contribution in [0.4, 0.5) is 5.69 Å². The molecule has 0 saturated carbocycles. The third kappa shape index (κ3) is 2.79. The van der Waals surface area contributed by atoms with Gasteiger partial charge in [0.05, 0.1) is 11.9 Å². The number of amides is 1. The molecule has 7 nitrogen and oxygen atoms in total. The smallest absolute Gasteiger partial charge is 0.237 e. The van der Waals surface area contributed by atoms with Gasteiger partial charge in [-0.1, -0.05) is 5.16 Å². The Kier molecular flexibility index (Phi) is 3.95. The average molecular weight is 253 g/mol. The van der Waals surface area contributed by atoms with Crippen LogP contribution in [0, 0.1) is 5.41 Å². The number of nitrogens with one attached hydrogen (secondary N) is 1. The molecule has 1 rings (SSSR count). The first-order valence-corrected chi connectivity index (χ1v) is 5.62. The summed E-state index contributed by atoms with van der Waals surface area (Å²) in [6, 6.07) is 0.215. The van der Waals surface area contributed by atoms with Crippen molar-refractivity contribution in [2.75, 3.05) is 5.32 Å². The highest BCUT2D eigenvalue weighted by Crippen LogP contribution is 2.19. The SMILES string of the molecule is CC(C)n1cc(NC(=O)C(C)(C)C(N)=NO)cn1. The topological polar surface area (TPSA) is 106 Å². The number of hydrogen-bond donors (Lipinski definition) is 3. The van der Waals surface area contributed by atoms with Crippen LogP contribution in [-0.2, 0) is 4.79 Å². The van der Waals surface area contributed by atoms with Crippen molar-refractivity contribution in [2.24, 2.45) is 16.3 Å². The van der Waals surface area contributed by atoms with Crippen molar-refractivity contribution >= 4 is 17.4 Å². The average Bonchev–Trinajstić information content (AvgIpc) is 2.76. The fraction of sp³-hybridized carbons (Fsp3) is 0.545. The second-order valence-corrected chi connectivity index (χ2v) is 4.87. The van der Waals surface area contributed by atoms with Gasteiger partial charge in [0, 0.05) is 12.2 Å². The van der Waals surface area contributed by atoms with Crippen molar-refractivity contribution in [3.8, 4) is 0 Å². The fourth-order valence-corrected chi connectivity index (χ4v) is 1.21. The van der Waals surface area contributed by atoms with Gasteiger partial charge < -0.3 is 16.3 Å². The molecule has 0 unspecified atom stereocenters. The molecule has 1 aromatic heterocycles. The molecule has 0 aliphatic rings. The first kappa shape index (κ1) is 14.0. The number of nitrogens with zero attached hydrogens (tertiary/aromatic N) is 3. The van der Waals surface area contributed by atoms with Gasteiger partial charge in [0.25, 0.3) is 0 Å². The van der Waals surface area contributed by atoms with Crippen LogP contribution in [0.15, 0.2) is 17.5 Å². The van der Waals surface area contributed by atoms with Gasteiger partial charge in [0.15, 0.2) is 5.84 Å². The molecule has 0 spiro atoms. The zero-order valence-corrected chi connectivity index (χ0v) is 11.0. The summed E-state index contributed by atoms with van der Waals surface area (Å²) in [4.78, 5) is 12.0. The quantitative estimate of drug-likeness (QED) is 0.324. The van der Waals surface area contributed by atoms with Gasteiger partial charge in [-0.2, -0.15) is 5.10 Å². The lowest BCUT2D eigenvalue weighted by atomic mass is 9.91. The number of amidine groups is 1. The van der Waals surface area contributed by atoms with Gasteiger partial charge in [0.2, 0.25) is 5.91 Å². The third-order valence-corrected chi connectivity index (χ3v) is 2.70.